The van der Waals surface area contributed by atoms with Crippen molar-refractivity contribution in [3.63, 3.8) is 0 Å². The van der Waals surface area contributed by atoms with Crippen molar-refractivity contribution >= 4 is 12.2 Å². The molecule has 9 heavy (non-hydrogen) atoms. The van der Waals surface area contributed by atoms with Crippen molar-refractivity contribution in [2.24, 2.45) is 10.8 Å². The lowest BCUT2D eigenvalue weighted by atomic mass is 10.4. The molecule has 50 valence electrons. The minimum Gasteiger partial charge on any atom is -0.369 e. The summed E-state index contributed by atoms with van der Waals surface area (Å²) in [6.45, 7) is 5.35. The Labute approximate surface area is 53.9 Å². The van der Waals surface area contributed by atoms with E-state index in [4.69, 9.17) is 11.1 Å². The maximum atomic E-state index is 6.66. The fourth-order valence-corrected chi connectivity index (χ4v) is 0.212. The molecule has 0 aromatic heterocycles. The molecule has 0 amide bonds. The number of rotatable bonds is 2. The molecular formula is C5H10N4. The molecule has 0 unspecified atom stereocenters. The Kier molecular flexibility index (Phi) is 3.12. The van der Waals surface area contributed by atoms with Crippen LogP contribution >= 0.6 is 0 Å². The molecule has 0 aliphatic carbocycles. The summed E-state index contributed by atoms with van der Waals surface area (Å²) >= 11 is 0. The van der Waals surface area contributed by atoms with E-state index < -0.39 is 0 Å². The molecule has 4 N–H and O–H groups in total. The Bertz CT molecular complexity index is 147. The summed E-state index contributed by atoms with van der Waals surface area (Å²) in [5.41, 5.74) is 7.96. The van der Waals surface area contributed by atoms with Gasteiger partial charge >= 0.3 is 0 Å². The SMILES string of the molecule is C=C(C)C=NNC(=N)N. The van der Waals surface area contributed by atoms with Crippen molar-refractivity contribution in [2.75, 3.05) is 0 Å². The molecule has 0 heterocycles. The summed E-state index contributed by atoms with van der Waals surface area (Å²) in [7, 11) is 0. The quantitative estimate of drug-likeness (QED) is 0.277. The lowest BCUT2D eigenvalue weighted by Crippen LogP contribution is -2.25. The Balaban J connectivity index is 3.48. The van der Waals surface area contributed by atoms with E-state index in [1.807, 2.05) is 0 Å². The topological polar surface area (TPSA) is 74.3 Å². The van der Waals surface area contributed by atoms with Crippen LogP contribution in [0.25, 0.3) is 0 Å². The summed E-state index contributed by atoms with van der Waals surface area (Å²) in [5.74, 6) is -0.174. The van der Waals surface area contributed by atoms with Crippen molar-refractivity contribution < 1.29 is 0 Å². The number of guanidine groups is 1. The molecular weight excluding hydrogens is 116 g/mol. The maximum absolute atomic E-state index is 6.66. The first kappa shape index (κ1) is 7.68. The fourth-order valence-electron chi connectivity index (χ4n) is 0.212. The smallest absolute Gasteiger partial charge is 0.206 e. The zero-order chi connectivity index (χ0) is 7.28. The van der Waals surface area contributed by atoms with Gasteiger partial charge in [-0.15, -0.1) is 0 Å². The van der Waals surface area contributed by atoms with Crippen molar-refractivity contribution in [3.8, 4) is 0 Å². The minimum atomic E-state index is -0.174. The first-order valence-electron chi connectivity index (χ1n) is 2.41. The average molecular weight is 126 g/mol. The first-order valence-corrected chi connectivity index (χ1v) is 2.41. The van der Waals surface area contributed by atoms with E-state index in [1.165, 1.54) is 6.21 Å². The van der Waals surface area contributed by atoms with Crippen molar-refractivity contribution in [1.29, 1.82) is 5.41 Å². The van der Waals surface area contributed by atoms with Gasteiger partial charge in [0.05, 0.1) is 0 Å². The van der Waals surface area contributed by atoms with E-state index in [0.717, 1.165) is 5.57 Å². The summed E-state index contributed by atoms with van der Waals surface area (Å²) in [5, 5.41) is 10.2. The van der Waals surface area contributed by atoms with Crippen molar-refractivity contribution in [3.05, 3.63) is 12.2 Å². The zero-order valence-corrected chi connectivity index (χ0v) is 5.31. The first-order chi connectivity index (χ1) is 4.13. The van der Waals surface area contributed by atoms with Crippen LogP contribution in [0.4, 0.5) is 0 Å². The highest BCUT2D eigenvalue weighted by atomic mass is 15.3. The molecule has 0 aliphatic heterocycles. The molecule has 0 fully saturated rings. The van der Waals surface area contributed by atoms with E-state index in [9.17, 15) is 0 Å². The average Bonchev–Trinajstić information content (AvgIpc) is 1.63. The molecule has 0 spiro atoms. The van der Waals surface area contributed by atoms with Crippen LogP contribution in [0.2, 0.25) is 0 Å². The van der Waals surface area contributed by atoms with Gasteiger partial charge in [0, 0.05) is 6.21 Å². The fraction of sp³-hybridized carbons (Fsp3) is 0.200. The lowest BCUT2D eigenvalue weighted by Gasteiger charge is -1.91. The normalized spacial score (nSPS) is 9.44. The highest BCUT2D eigenvalue weighted by Gasteiger charge is 1.77. The largest absolute Gasteiger partial charge is 0.369 e. The third-order valence-corrected chi connectivity index (χ3v) is 0.470. The number of hydrogen-bond acceptors (Lipinski definition) is 2. The molecule has 0 atom stereocenters. The lowest BCUT2D eigenvalue weighted by molar-refractivity contribution is 1.00. The van der Waals surface area contributed by atoms with Crippen LogP contribution in [0.15, 0.2) is 17.3 Å². The second kappa shape index (κ2) is 3.65. The summed E-state index contributed by atoms with van der Waals surface area (Å²) in [6, 6.07) is 0. The number of hydrogen-bond donors (Lipinski definition) is 3. The third kappa shape index (κ3) is 6.68. The van der Waals surface area contributed by atoms with E-state index in [0.29, 0.717) is 0 Å². The van der Waals surface area contributed by atoms with Crippen molar-refractivity contribution in [1.82, 2.24) is 5.43 Å². The summed E-state index contributed by atoms with van der Waals surface area (Å²) in [4.78, 5) is 0. The van der Waals surface area contributed by atoms with Gasteiger partial charge in [0.2, 0.25) is 5.96 Å². The van der Waals surface area contributed by atoms with Gasteiger partial charge in [0.1, 0.15) is 0 Å². The molecule has 0 saturated carbocycles. The van der Waals surface area contributed by atoms with E-state index in [-0.39, 0.29) is 5.96 Å². The van der Waals surface area contributed by atoms with Gasteiger partial charge in [-0.2, -0.15) is 5.10 Å². The Morgan fingerprint density at radius 1 is 1.89 bits per heavy atom. The standard InChI is InChI=1S/C5H10N4/c1-4(2)3-8-9-5(6)7/h3H,1H2,2H3,(H4,6,7,9). The second-order valence-corrected chi connectivity index (χ2v) is 1.63. The molecule has 0 saturated heterocycles. The maximum Gasteiger partial charge on any atom is 0.206 e. The van der Waals surface area contributed by atoms with Gasteiger partial charge < -0.3 is 5.73 Å². The number of nitrogens with two attached hydrogens (primary N) is 1. The number of nitrogens with one attached hydrogen (secondary N) is 2. The number of allylic oxidation sites excluding steroid dienone is 1. The van der Waals surface area contributed by atoms with Gasteiger partial charge in [-0.25, -0.2) is 5.43 Å². The summed E-state index contributed by atoms with van der Waals surface area (Å²) < 4.78 is 0. The van der Waals surface area contributed by atoms with Crippen LogP contribution in [-0.4, -0.2) is 12.2 Å². The van der Waals surface area contributed by atoms with Crippen LogP contribution in [-0.2, 0) is 0 Å². The molecule has 4 nitrogen and oxygen atoms in total. The van der Waals surface area contributed by atoms with Gasteiger partial charge in [0.15, 0.2) is 0 Å². The third-order valence-electron chi connectivity index (χ3n) is 0.470. The minimum absolute atomic E-state index is 0.174. The highest BCUT2D eigenvalue weighted by Crippen LogP contribution is 1.75. The van der Waals surface area contributed by atoms with Gasteiger partial charge in [0.25, 0.3) is 0 Å². The highest BCUT2D eigenvalue weighted by molar-refractivity contribution is 5.79. The Hall–Kier alpha value is -1.32. The van der Waals surface area contributed by atoms with Crippen LogP contribution in [0, 0.1) is 5.41 Å². The van der Waals surface area contributed by atoms with E-state index in [2.05, 4.69) is 17.1 Å². The number of nitrogens with zero attached hydrogens (tertiary/aromatic N) is 1. The summed E-state index contributed by atoms with van der Waals surface area (Å²) in [6.07, 6.45) is 1.49. The molecule has 0 bridgehead atoms. The van der Waals surface area contributed by atoms with Gasteiger partial charge in [-0.1, -0.05) is 6.58 Å². The van der Waals surface area contributed by atoms with Gasteiger partial charge in [-0.05, 0) is 12.5 Å². The predicted molar refractivity (Wildman–Crippen MR) is 38.4 cm³/mol. The van der Waals surface area contributed by atoms with Crippen LogP contribution in [0.3, 0.4) is 0 Å². The Morgan fingerprint density at radius 3 is 2.78 bits per heavy atom. The molecule has 0 aromatic rings. The van der Waals surface area contributed by atoms with Crippen LogP contribution in [0.1, 0.15) is 6.92 Å². The second-order valence-electron chi connectivity index (χ2n) is 1.63. The van der Waals surface area contributed by atoms with Crippen LogP contribution in [0.5, 0.6) is 0 Å². The zero-order valence-electron chi connectivity index (χ0n) is 5.31. The monoisotopic (exact) mass is 126 g/mol. The van der Waals surface area contributed by atoms with Crippen LogP contribution < -0.4 is 11.2 Å². The number of hydrazone groups is 1. The molecule has 0 aromatic carbocycles. The predicted octanol–water partition coefficient (Wildman–Crippen LogP) is 0.0314. The molecule has 0 radical (unpaired) electrons. The molecule has 4 heteroatoms. The molecule has 0 aliphatic rings. The van der Waals surface area contributed by atoms with E-state index in [1.54, 1.807) is 6.92 Å². The van der Waals surface area contributed by atoms with Crippen molar-refractivity contribution in [2.45, 2.75) is 6.92 Å². The van der Waals surface area contributed by atoms with Gasteiger partial charge in [-0.3, -0.25) is 5.41 Å². The van der Waals surface area contributed by atoms with E-state index >= 15 is 0 Å². The molecule has 0 rings (SSSR count). The Morgan fingerprint density at radius 2 is 2.44 bits per heavy atom.